The second kappa shape index (κ2) is 3.45. The van der Waals surface area contributed by atoms with Gasteiger partial charge < -0.3 is 20.2 Å². The minimum atomic E-state index is -0.0705. The van der Waals surface area contributed by atoms with Crippen LogP contribution in [0.1, 0.15) is 19.8 Å². The Kier molecular flexibility index (Phi) is 2.28. The number of nitrogens with zero attached hydrogens (tertiary/aromatic N) is 2. The Labute approximate surface area is 81.8 Å². The second-order valence-electron chi connectivity index (χ2n) is 3.51. The molecule has 6 nitrogen and oxygen atoms in total. The summed E-state index contributed by atoms with van der Waals surface area (Å²) >= 11 is 0. The number of ether oxygens (including phenoxy) is 1. The van der Waals surface area contributed by atoms with E-state index >= 15 is 0 Å². The molecule has 0 bridgehead atoms. The van der Waals surface area contributed by atoms with Gasteiger partial charge in [0.05, 0.1) is 12.1 Å². The van der Waals surface area contributed by atoms with Crippen molar-refractivity contribution in [1.29, 1.82) is 0 Å². The lowest BCUT2D eigenvalue weighted by Crippen LogP contribution is -2.38. The molecule has 2 heterocycles. The van der Waals surface area contributed by atoms with Crippen LogP contribution in [0.4, 0.5) is 12.0 Å². The van der Waals surface area contributed by atoms with Crippen LogP contribution in [0.5, 0.6) is 0 Å². The van der Waals surface area contributed by atoms with Crippen molar-refractivity contribution >= 4 is 12.0 Å². The van der Waals surface area contributed by atoms with Crippen LogP contribution in [0.3, 0.4) is 0 Å². The molecule has 0 amide bonds. The first kappa shape index (κ1) is 9.26. The van der Waals surface area contributed by atoms with Gasteiger partial charge in [-0.3, -0.25) is 0 Å². The maximum atomic E-state index is 5.35. The lowest BCUT2D eigenvalue weighted by atomic mass is 9.96. The Morgan fingerprint density at radius 1 is 1.57 bits per heavy atom. The van der Waals surface area contributed by atoms with Crippen molar-refractivity contribution in [3.63, 3.8) is 0 Å². The molecule has 1 saturated heterocycles. The van der Waals surface area contributed by atoms with Gasteiger partial charge in [0, 0.05) is 6.61 Å². The number of anilines is 2. The molecule has 14 heavy (non-hydrogen) atoms. The SMILES string of the molecule is CCC1(Nc2nnc(N)o2)CCOC1. The molecule has 0 radical (unpaired) electrons. The van der Waals surface area contributed by atoms with E-state index in [2.05, 4.69) is 22.4 Å². The van der Waals surface area contributed by atoms with Gasteiger partial charge in [-0.25, -0.2) is 0 Å². The Hall–Kier alpha value is -1.30. The summed E-state index contributed by atoms with van der Waals surface area (Å²) in [6, 6.07) is 0.451. The van der Waals surface area contributed by atoms with E-state index in [0.29, 0.717) is 12.6 Å². The molecule has 6 heteroatoms. The number of nitrogen functional groups attached to an aromatic ring is 1. The lowest BCUT2D eigenvalue weighted by Gasteiger charge is -2.25. The van der Waals surface area contributed by atoms with Gasteiger partial charge in [-0.1, -0.05) is 17.1 Å². The molecule has 1 atom stereocenters. The highest BCUT2D eigenvalue weighted by Crippen LogP contribution is 2.26. The lowest BCUT2D eigenvalue weighted by molar-refractivity contribution is 0.180. The third-order valence-corrected chi connectivity index (χ3v) is 2.59. The normalized spacial score (nSPS) is 26.6. The smallest absolute Gasteiger partial charge is 0.317 e. The average molecular weight is 198 g/mol. The van der Waals surface area contributed by atoms with Gasteiger partial charge in [-0.15, -0.1) is 0 Å². The molecule has 1 aliphatic rings. The number of nitrogens with one attached hydrogen (secondary N) is 1. The van der Waals surface area contributed by atoms with Crippen molar-refractivity contribution in [2.75, 3.05) is 24.3 Å². The molecule has 1 aliphatic heterocycles. The van der Waals surface area contributed by atoms with Gasteiger partial charge in [0.15, 0.2) is 0 Å². The maximum absolute atomic E-state index is 5.35. The van der Waals surface area contributed by atoms with E-state index in [4.69, 9.17) is 14.9 Å². The van der Waals surface area contributed by atoms with Crippen LogP contribution in [-0.2, 0) is 4.74 Å². The van der Waals surface area contributed by atoms with E-state index in [1.54, 1.807) is 0 Å². The summed E-state index contributed by atoms with van der Waals surface area (Å²) in [5.41, 5.74) is 5.26. The van der Waals surface area contributed by atoms with Crippen molar-refractivity contribution < 1.29 is 9.15 Å². The predicted octanol–water partition coefficient (Wildman–Crippen LogP) is 0.633. The third-order valence-electron chi connectivity index (χ3n) is 2.59. The average Bonchev–Trinajstić information content (AvgIpc) is 2.77. The summed E-state index contributed by atoms with van der Waals surface area (Å²) in [6.07, 6.45) is 1.90. The molecule has 0 saturated carbocycles. The van der Waals surface area contributed by atoms with Crippen molar-refractivity contribution in [2.24, 2.45) is 0 Å². The summed E-state index contributed by atoms with van der Waals surface area (Å²) in [5.74, 6) is 0. The monoisotopic (exact) mass is 198 g/mol. The van der Waals surface area contributed by atoms with Crippen molar-refractivity contribution in [1.82, 2.24) is 10.2 Å². The Morgan fingerprint density at radius 2 is 2.43 bits per heavy atom. The first-order valence-corrected chi connectivity index (χ1v) is 4.69. The molecular weight excluding hydrogens is 184 g/mol. The fourth-order valence-electron chi connectivity index (χ4n) is 1.58. The largest absolute Gasteiger partial charge is 0.390 e. The van der Waals surface area contributed by atoms with Gasteiger partial charge in [0.2, 0.25) is 0 Å². The van der Waals surface area contributed by atoms with Crippen LogP contribution in [0.2, 0.25) is 0 Å². The van der Waals surface area contributed by atoms with Crippen LogP contribution in [0.25, 0.3) is 0 Å². The fraction of sp³-hybridized carbons (Fsp3) is 0.750. The molecule has 2 rings (SSSR count). The van der Waals surface area contributed by atoms with Crippen LogP contribution < -0.4 is 11.1 Å². The number of hydrogen-bond acceptors (Lipinski definition) is 6. The Morgan fingerprint density at radius 3 is 2.93 bits per heavy atom. The fourth-order valence-corrected chi connectivity index (χ4v) is 1.58. The first-order valence-electron chi connectivity index (χ1n) is 4.69. The number of aromatic nitrogens is 2. The highest BCUT2D eigenvalue weighted by atomic mass is 16.5. The predicted molar refractivity (Wildman–Crippen MR) is 50.8 cm³/mol. The molecule has 0 aliphatic carbocycles. The van der Waals surface area contributed by atoms with Gasteiger partial charge in [0.1, 0.15) is 0 Å². The molecule has 1 unspecified atom stereocenters. The Balaban J connectivity index is 2.08. The molecule has 1 fully saturated rings. The summed E-state index contributed by atoms with van der Waals surface area (Å²) in [7, 11) is 0. The highest BCUT2D eigenvalue weighted by molar-refractivity contribution is 5.28. The number of rotatable bonds is 3. The van der Waals surface area contributed by atoms with Crippen LogP contribution >= 0.6 is 0 Å². The van der Waals surface area contributed by atoms with Gasteiger partial charge >= 0.3 is 12.0 Å². The Bertz CT molecular complexity index is 306. The van der Waals surface area contributed by atoms with Crippen molar-refractivity contribution in [3.05, 3.63) is 0 Å². The van der Waals surface area contributed by atoms with E-state index in [1.165, 1.54) is 0 Å². The minimum absolute atomic E-state index is 0.0705. The molecule has 1 aromatic heterocycles. The van der Waals surface area contributed by atoms with Crippen LogP contribution in [-0.4, -0.2) is 29.0 Å². The molecular formula is C8H14N4O2. The minimum Gasteiger partial charge on any atom is -0.390 e. The zero-order chi connectivity index (χ0) is 10.0. The van der Waals surface area contributed by atoms with E-state index in [0.717, 1.165) is 19.4 Å². The van der Waals surface area contributed by atoms with Crippen molar-refractivity contribution in [2.45, 2.75) is 25.3 Å². The molecule has 78 valence electrons. The quantitative estimate of drug-likeness (QED) is 0.741. The number of nitrogens with two attached hydrogens (primary N) is 1. The summed E-state index contributed by atoms with van der Waals surface area (Å²) < 4.78 is 10.4. The number of hydrogen-bond donors (Lipinski definition) is 2. The zero-order valence-electron chi connectivity index (χ0n) is 8.12. The van der Waals surface area contributed by atoms with Crippen LogP contribution in [0, 0.1) is 0 Å². The first-order chi connectivity index (χ1) is 6.74. The summed E-state index contributed by atoms with van der Waals surface area (Å²) in [6.45, 7) is 3.54. The molecule has 1 aromatic rings. The summed E-state index contributed by atoms with van der Waals surface area (Å²) in [5, 5.41) is 10.5. The highest BCUT2D eigenvalue weighted by Gasteiger charge is 2.34. The van der Waals surface area contributed by atoms with Gasteiger partial charge in [0.25, 0.3) is 0 Å². The molecule has 3 N–H and O–H groups in total. The van der Waals surface area contributed by atoms with E-state index < -0.39 is 0 Å². The molecule has 0 aromatic carbocycles. The van der Waals surface area contributed by atoms with E-state index in [1.807, 2.05) is 0 Å². The molecule has 0 spiro atoms. The summed E-state index contributed by atoms with van der Waals surface area (Å²) in [4.78, 5) is 0. The van der Waals surface area contributed by atoms with Crippen molar-refractivity contribution in [3.8, 4) is 0 Å². The zero-order valence-corrected chi connectivity index (χ0v) is 8.12. The van der Waals surface area contributed by atoms with Crippen LogP contribution in [0.15, 0.2) is 4.42 Å². The standard InChI is InChI=1S/C8H14N4O2/c1-2-8(3-4-13-5-8)10-7-12-11-6(9)14-7/h2-5H2,1H3,(H2,9,11)(H,10,12). The van der Waals surface area contributed by atoms with Gasteiger partial charge in [-0.05, 0) is 12.8 Å². The third kappa shape index (κ3) is 1.65. The maximum Gasteiger partial charge on any atom is 0.317 e. The van der Waals surface area contributed by atoms with Gasteiger partial charge in [-0.2, -0.15) is 0 Å². The second-order valence-corrected chi connectivity index (χ2v) is 3.51. The topological polar surface area (TPSA) is 86.2 Å². The van der Waals surface area contributed by atoms with E-state index in [-0.39, 0.29) is 11.6 Å². The van der Waals surface area contributed by atoms with E-state index in [9.17, 15) is 0 Å².